The molecule has 0 spiro atoms. The van der Waals surface area contributed by atoms with Gasteiger partial charge in [-0.3, -0.25) is 9.59 Å². The van der Waals surface area contributed by atoms with Gasteiger partial charge in [0.05, 0.1) is 0 Å². The highest BCUT2D eigenvalue weighted by molar-refractivity contribution is 5.94. The third-order valence-electron chi connectivity index (χ3n) is 2.77. The first kappa shape index (κ1) is 13.2. The van der Waals surface area contributed by atoms with Crippen LogP contribution in [-0.4, -0.2) is 25.9 Å². The lowest BCUT2D eigenvalue weighted by atomic mass is 10.1. The number of rotatable bonds is 2. The molecule has 0 aliphatic carbocycles. The van der Waals surface area contributed by atoms with Crippen molar-refractivity contribution < 1.29 is 9.59 Å². The molecule has 0 heterocycles. The molecule has 0 N–H and O–H groups in total. The largest absolute Gasteiger partial charge is 0.316 e. The van der Waals surface area contributed by atoms with Crippen LogP contribution in [0.15, 0.2) is 18.2 Å². The molecule has 0 unspecified atom stereocenters. The van der Waals surface area contributed by atoms with Gasteiger partial charge < -0.3 is 9.80 Å². The zero-order valence-electron chi connectivity index (χ0n) is 10.9. The maximum Gasteiger partial charge on any atom is 0.223 e. The van der Waals surface area contributed by atoms with Crippen molar-refractivity contribution in [1.82, 2.24) is 0 Å². The Labute approximate surface area is 102 Å². The molecule has 4 nitrogen and oxygen atoms in total. The average Bonchev–Trinajstić information content (AvgIpc) is 2.25. The SMILES string of the molecule is CC(=O)N(C)c1cc(C)cc(N(C)C(C)=O)c1. The molecule has 0 saturated heterocycles. The topological polar surface area (TPSA) is 40.6 Å². The first-order valence-electron chi connectivity index (χ1n) is 5.43. The Morgan fingerprint density at radius 2 is 1.24 bits per heavy atom. The van der Waals surface area contributed by atoms with Crippen molar-refractivity contribution in [2.75, 3.05) is 23.9 Å². The van der Waals surface area contributed by atoms with Gasteiger partial charge in [0.25, 0.3) is 0 Å². The maximum absolute atomic E-state index is 11.3. The lowest BCUT2D eigenvalue weighted by Gasteiger charge is -2.21. The lowest BCUT2D eigenvalue weighted by molar-refractivity contribution is -0.117. The molecule has 0 saturated carbocycles. The zero-order valence-corrected chi connectivity index (χ0v) is 10.9. The van der Waals surface area contributed by atoms with Crippen LogP contribution >= 0.6 is 0 Å². The Morgan fingerprint density at radius 1 is 0.882 bits per heavy atom. The van der Waals surface area contributed by atoms with Crippen LogP contribution in [0.3, 0.4) is 0 Å². The van der Waals surface area contributed by atoms with E-state index in [1.807, 2.05) is 25.1 Å². The molecule has 0 aromatic heterocycles. The van der Waals surface area contributed by atoms with Crippen LogP contribution in [0.5, 0.6) is 0 Å². The number of amides is 2. The van der Waals surface area contributed by atoms with Gasteiger partial charge >= 0.3 is 0 Å². The molecular formula is C13H18N2O2. The smallest absolute Gasteiger partial charge is 0.223 e. The fourth-order valence-electron chi connectivity index (χ4n) is 1.49. The van der Waals surface area contributed by atoms with Crippen molar-refractivity contribution in [3.8, 4) is 0 Å². The van der Waals surface area contributed by atoms with Gasteiger partial charge in [0.2, 0.25) is 11.8 Å². The first-order valence-corrected chi connectivity index (χ1v) is 5.43. The second-order valence-electron chi connectivity index (χ2n) is 4.18. The summed E-state index contributed by atoms with van der Waals surface area (Å²) in [6, 6.07) is 5.66. The molecule has 0 radical (unpaired) electrons. The number of nitrogens with zero attached hydrogens (tertiary/aromatic N) is 2. The number of hydrogen-bond donors (Lipinski definition) is 0. The monoisotopic (exact) mass is 234 g/mol. The normalized spacial score (nSPS) is 9.94. The fourth-order valence-corrected chi connectivity index (χ4v) is 1.49. The maximum atomic E-state index is 11.3. The van der Waals surface area contributed by atoms with E-state index in [0.717, 1.165) is 16.9 Å². The summed E-state index contributed by atoms with van der Waals surface area (Å²) < 4.78 is 0. The summed E-state index contributed by atoms with van der Waals surface area (Å²) in [5.41, 5.74) is 2.60. The van der Waals surface area contributed by atoms with Crippen molar-refractivity contribution in [3.63, 3.8) is 0 Å². The molecule has 4 heteroatoms. The molecule has 2 amide bonds. The van der Waals surface area contributed by atoms with E-state index in [0.29, 0.717) is 0 Å². The van der Waals surface area contributed by atoms with E-state index in [4.69, 9.17) is 0 Å². The minimum atomic E-state index is -0.0352. The Morgan fingerprint density at radius 3 is 1.53 bits per heavy atom. The van der Waals surface area contributed by atoms with Crippen LogP contribution in [0.25, 0.3) is 0 Å². The van der Waals surface area contributed by atoms with Gasteiger partial charge in [0.1, 0.15) is 0 Å². The number of benzene rings is 1. The molecule has 0 atom stereocenters. The van der Waals surface area contributed by atoms with Gasteiger partial charge in [-0.2, -0.15) is 0 Å². The van der Waals surface area contributed by atoms with Gasteiger partial charge in [0.15, 0.2) is 0 Å². The Bertz CT molecular complexity index is 416. The third-order valence-corrected chi connectivity index (χ3v) is 2.77. The first-order chi connectivity index (χ1) is 7.82. The van der Waals surface area contributed by atoms with Crippen molar-refractivity contribution in [2.24, 2.45) is 0 Å². The summed E-state index contributed by atoms with van der Waals surface area (Å²) in [6.07, 6.45) is 0. The van der Waals surface area contributed by atoms with Gasteiger partial charge in [-0.25, -0.2) is 0 Å². The molecule has 0 aliphatic rings. The number of carbonyl (C=O) groups is 2. The van der Waals surface area contributed by atoms with Gasteiger partial charge in [-0.1, -0.05) is 0 Å². The summed E-state index contributed by atoms with van der Waals surface area (Å²) in [7, 11) is 3.43. The van der Waals surface area contributed by atoms with E-state index in [9.17, 15) is 9.59 Å². The van der Waals surface area contributed by atoms with Crippen LogP contribution in [0.2, 0.25) is 0 Å². The van der Waals surface area contributed by atoms with Crippen LogP contribution in [0, 0.1) is 6.92 Å². The predicted octanol–water partition coefficient (Wildman–Crippen LogP) is 1.96. The van der Waals surface area contributed by atoms with E-state index >= 15 is 0 Å². The zero-order chi connectivity index (χ0) is 13.2. The summed E-state index contributed by atoms with van der Waals surface area (Å²) in [6.45, 7) is 4.96. The predicted molar refractivity (Wildman–Crippen MR) is 69.3 cm³/mol. The van der Waals surface area contributed by atoms with Gasteiger partial charge in [-0.15, -0.1) is 0 Å². The number of carbonyl (C=O) groups excluding carboxylic acids is 2. The minimum Gasteiger partial charge on any atom is -0.316 e. The molecule has 1 rings (SSSR count). The van der Waals surface area contributed by atoms with Crippen molar-refractivity contribution in [2.45, 2.75) is 20.8 Å². The number of anilines is 2. The number of hydrogen-bond acceptors (Lipinski definition) is 2. The van der Waals surface area contributed by atoms with Crippen LogP contribution < -0.4 is 9.80 Å². The van der Waals surface area contributed by atoms with Gasteiger partial charge in [-0.05, 0) is 30.7 Å². The summed E-state index contributed by atoms with van der Waals surface area (Å²) in [5.74, 6) is -0.0703. The van der Waals surface area contributed by atoms with E-state index in [1.54, 1.807) is 23.9 Å². The molecule has 0 fully saturated rings. The molecule has 17 heavy (non-hydrogen) atoms. The molecule has 0 bridgehead atoms. The molecular weight excluding hydrogens is 216 g/mol. The Kier molecular flexibility index (Phi) is 3.89. The fraction of sp³-hybridized carbons (Fsp3) is 0.385. The van der Waals surface area contributed by atoms with E-state index < -0.39 is 0 Å². The summed E-state index contributed by atoms with van der Waals surface area (Å²) in [5, 5.41) is 0. The Hall–Kier alpha value is -1.84. The highest BCUT2D eigenvalue weighted by atomic mass is 16.2. The quantitative estimate of drug-likeness (QED) is 0.785. The highest BCUT2D eigenvalue weighted by Gasteiger charge is 2.11. The van der Waals surface area contributed by atoms with E-state index in [1.165, 1.54) is 13.8 Å². The summed E-state index contributed by atoms with van der Waals surface area (Å²) >= 11 is 0. The van der Waals surface area contributed by atoms with Crippen LogP contribution in [0.1, 0.15) is 19.4 Å². The average molecular weight is 234 g/mol. The van der Waals surface area contributed by atoms with Crippen molar-refractivity contribution in [3.05, 3.63) is 23.8 Å². The third kappa shape index (κ3) is 3.06. The second kappa shape index (κ2) is 4.99. The molecule has 92 valence electrons. The van der Waals surface area contributed by atoms with Crippen LogP contribution in [0.4, 0.5) is 11.4 Å². The van der Waals surface area contributed by atoms with E-state index in [-0.39, 0.29) is 11.8 Å². The van der Waals surface area contributed by atoms with E-state index in [2.05, 4.69) is 0 Å². The second-order valence-corrected chi connectivity index (χ2v) is 4.18. The Balaban J connectivity index is 3.19. The molecule has 1 aromatic rings. The standard InChI is InChI=1S/C13H18N2O2/c1-9-6-12(14(4)10(2)16)8-13(7-9)15(5)11(3)17/h6-8H,1-5H3. The number of aryl methyl sites for hydroxylation is 1. The van der Waals surface area contributed by atoms with Crippen LogP contribution in [-0.2, 0) is 9.59 Å². The van der Waals surface area contributed by atoms with Crippen molar-refractivity contribution >= 4 is 23.2 Å². The molecule has 0 aliphatic heterocycles. The van der Waals surface area contributed by atoms with Crippen molar-refractivity contribution in [1.29, 1.82) is 0 Å². The van der Waals surface area contributed by atoms with Gasteiger partial charge in [0, 0.05) is 39.3 Å². The highest BCUT2D eigenvalue weighted by Crippen LogP contribution is 2.24. The minimum absolute atomic E-state index is 0.0352. The lowest BCUT2D eigenvalue weighted by Crippen LogP contribution is -2.25. The summed E-state index contributed by atoms with van der Waals surface area (Å²) in [4.78, 5) is 25.8. The molecule has 1 aromatic carbocycles.